The molecule has 6 heteroatoms. The predicted octanol–water partition coefficient (Wildman–Crippen LogP) is 1.89. The summed E-state index contributed by atoms with van der Waals surface area (Å²) in [6, 6.07) is 1.31. The SMILES string of the molecule is CCOC(=O)Cc1nc(C)c(CN)cc1C(F)F. The van der Waals surface area contributed by atoms with E-state index in [9.17, 15) is 13.6 Å². The van der Waals surface area contributed by atoms with Gasteiger partial charge in [0, 0.05) is 17.8 Å². The van der Waals surface area contributed by atoms with E-state index in [1.54, 1.807) is 13.8 Å². The Morgan fingerprint density at radius 1 is 1.56 bits per heavy atom. The van der Waals surface area contributed by atoms with E-state index in [0.717, 1.165) is 0 Å². The van der Waals surface area contributed by atoms with Crippen molar-refractivity contribution in [2.24, 2.45) is 5.73 Å². The molecule has 0 radical (unpaired) electrons. The number of nitrogens with two attached hydrogens (primary N) is 1. The summed E-state index contributed by atoms with van der Waals surface area (Å²) in [5, 5.41) is 0. The normalized spacial score (nSPS) is 10.8. The number of aryl methyl sites for hydroxylation is 1. The molecular formula is C12H16F2N2O2. The van der Waals surface area contributed by atoms with Crippen LogP contribution in [0.4, 0.5) is 8.78 Å². The number of esters is 1. The molecule has 18 heavy (non-hydrogen) atoms. The highest BCUT2D eigenvalue weighted by atomic mass is 19.3. The molecule has 0 saturated carbocycles. The van der Waals surface area contributed by atoms with Gasteiger partial charge in [-0.15, -0.1) is 0 Å². The number of carbonyl (C=O) groups is 1. The Bertz CT molecular complexity index is 436. The van der Waals surface area contributed by atoms with Crippen molar-refractivity contribution >= 4 is 5.97 Å². The zero-order valence-corrected chi connectivity index (χ0v) is 10.4. The van der Waals surface area contributed by atoms with E-state index in [2.05, 4.69) is 4.98 Å². The first-order chi connectivity index (χ1) is 8.49. The number of carbonyl (C=O) groups excluding carboxylic acids is 1. The van der Waals surface area contributed by atoms with Gasteiger partial charge in [0.1, 0.15) is 0 Å². The van der Waals surface area contributed by atoms with Crippen LogP contribution in [0, 0.1) is 6.92 Å². The Morgan fingerprint density at radius 3 is 2.72 bits per heavy atom. The fourth-order valence-corrected chi connectivity index (χ4v) is 1.60. The summed E-state index contributed by atoms with van der Waals surface area (Å²) >= 11 is 0. The molecule has 1 heterocycles. The van der Waals surface area contributed by atoms with Crippen molar-refractivity contribution in [3.8, 4) is 0 Å². The van der Waals surface area contributed by atoms with Gasteiger partial charge < -0.3 is 10.5 Å². The maximum atomic E-state index is 12.9. The van der Waals surface area contributed by atoms with Gasteiger partial charge in [0.25, 0.3) is 6.43 Å². The molecule has 0 fully saturated rings. The summed E-state index contributed by atoms with van der Waals surface area (Å²) in [4.78, 5) is 15.3. The largest absolute Gasteiger partial charge is 0.466 e. The number of hydrogen-bond donors (Lipinski definition) is 1. The Kier molecular flexibility index (Phi) is 5.15. The molecule has 1 rings (SSSR count). The van der Waals surface area contributed by atoms with Crippen LogP contribution in [0.2, 0.25) is 0 Å². The van der Waals surface area contributed by atoms with Crippen molar-refractivity contribution in [3.63, 3.8) is 0 Å². The predicted molar refractivity (Wildman–Crippen MR) is 62.2 cm³/mol. The summed E-state index contributed by atoms with van der Waals surface area (Å²) in [5.41, 5.74) is 6.35. The number of ether oxygens (including phenoxy) is 1. The van der Waals surface area contributed by atoms with Crippen LogP contribution in [-0.2, 0) is 22.5 Å². The Morgan fingerprint density at radius 2 is 2.22 bits per heavy atom. The first-order valence-corrected chi connectivity index (χ1v) is 5.62. The topological polar surface area (TPSA) is 65.2 Å². The summed E-state index contributed by atoms with van der Waals surface area (Å²) in [6.07, 6.45) is -2.94. The van der Waals surface area contributed by atoms with Crippen molar-refractivity contribution in [1.29, 1.82) is 0 Å². The van der Waals surface area contributed by atoms with Crippen molar-refractivity contribution in [1.82, 2.24) is 4.98 Å². The smallest absolute Gasteiger partial charge is 0.311 e. The number of aromatic nitrogens is 1. The van der Waals surface area contributed by atoms with Gasteiger partial charge in [0.15, 0.2) is 0 Å². The summed E-state index contributed by atoms with van der Waals surface area (Å²) in [5.74, 6) is -0.563. The molecule has 0 aliphatic carbocycles. The molecule has 0 aliphatic rings. The van der Waals surface area contributed by atoms with E-state index in [4.69, 9.17) is 10.5 Å². The van der Waals surface area contributed by atoms with Gasteiger partial charge in [-0.3, -0.25) is 9.78 Å². The molecule has 0 unspecified atom stereocenters. The van der Waals surface area contributed by atoms with Crippen LogP contribution < -0.4 is 5.73 Å². The highest BCUT2D eigenvalue weighted by Gasteiger charge is 2.19. The van der Waals surface area contributed by atoms with Crippen LogP contribution in [0.3, 0.4) is 0 Å². The zero-order valence-electron chi connectivity index (χ0n) is 10.4. The van der Waals surface area contributed by atoms with Crippen LogP contribution in [-0.4, -0.2) is 17.6 Å². The molecule has 2 N–H and O–H groups in total. The average molecular weight is 258 g/mol. The Balaban J connectivity index is 3.09. The fourth-order valence-electron chi connectivity index (χ4n) is 1.60. The van der Waals surface area contributed by atoms with Gasteiger partial charge >= 0.3 is 5.97 Å². The van der Waals surface area contributed by atoms with Crippen LogP contribution >= 0.6 is 0 Å². The third-order valence-corrected chi connectivity index (χ3v) is 2.50. The van der Waals surface area contributed by atoms with E-state index in [1.807, 2.05) is 0 Å². The van der Waals surface area contributed by atoms with Gasteiger partial charge in [-0.05, 0) is 25.5 Å². The second-order valence-electron chi connectivity index (χ2n) is 3.76. The van der Waals surface area contributed by atoms with Crippen molar-refractivity contribution in [3.05, 3.63) is 28.6 Å². The first kappa shape index (κ1) is 14.5. The van der Waals surface area contributed by atoms with Crippen molar-refractivity contribution in [2.45, 2.75) is 33.2 Å². The molecule has 100 valence electrons. The fraction of sp³-hybridized carbons (Fsp3) is 0.500. The maximum Gasteiger partial charge on any atom is 0.311 e. The van der Waals surface area contributed by atoms with E-state index in [1.165, 1.54) is 6.07 Å². The zero-order chi connectivity index (χ0) is 13.7. The number of hydrogen-bond acceptors (Lipinski definition) is 4. The molecule has 0 spiro atoms. The summed E-state index contributed by atoms with van der Waals surface area (Å²) in [7, 11) is 0. The van der Waals surface area contributed by atoms with Gasteiger partial charge in [-0.2, -0.15) is 0 Å². The molecule has 0 bridgehead atoms. The third-order valence-electron chi connectivity index (χ3n) is 2.50. The molecule has 0 aromatic carbocycles. The maximum absolute atomic E-state index is 12.9. The minimum atomic E-state index is -2.69. The van der Waals surface area contributed by atoms with Crippen LogP contribution in [0.5, 0.6) is 0 Å². The lowest BCUT2D eigenvalue weighted by Gasteiger charge is -2.12. The first-order valence-electron chi connectivity index (χ1n) is 5.62. The van der Waals surface area contributed by atoms with Gasteiger partial charge in [-0.1, -0.05) is 0 Å². The molecule has 0 aliphatic heterocycles. The van der Waals surface area contributed by atoms with Crippen molar-refractivity contribution in [2.75, 3.05) is 6.61 Å². The number of halogens is 2. The van der Waals surface area contributed by atoms with E-state index >= 15 is 0 Å². The van der Waals surface area contributed by atoms with Gasteiger partial charge in [-0.25, -0.2) is 8.78 Å². The quantitative estimate of drug-likeness (QED) is 0.819. The van der Waals surface area contributed by atoms with Crippen LogP contribution in [0.25, 0.3) is 0 Å². The molecule has 4 nitrogen and oxygen atoms in total. The van der Waals surface area contributed by atoms with Crippen LogP contribution in [0.1, 0.15) is 35.9 Å². The molecule has 1 aromatic rings. The standard InChI is InChI=1S/C12H16F2N2O2/c1-3-18-11(17)5-10-9(12(13)14)4-8(6-15)7(2)16-10/h4,12H,3,5-6,15H2,1-2H3. The second kappa shape index (κ2) is 6.39. The highest BCUT2D eigenvalue weighted by molar-refractivity contribution is 5.72. The van der Waals surface area contributed by atoms with Gasteiger partial charge in [0.05, 0.1) is 18.7 Å². The molecular weight excluding hydrogens is 242 g/mol. The highest BCUT2D eigenvalue weighted by Crippen LogP contribution is 2.24. The minimum Gasteiger partial charge on any atom is -0.466 e. The lowest BCUT2D eigenvalue weighted by atomic mass is 10.1. The number of nitrogens with zero attached hydrogens (tertiary/aromatic N) is 1. The minimum absolute atomic E-state index is 0.0538. The lowest BCUT2D eigenvalue weighted by molar-refractivity contribution is -0.142. The Hall–Kier alpha value is -1.56. The number of pyridine rings is 1. The average Bonchev–Trinajstić information content (AvgIpc) is 2.29. The summed E-state index contributed by atoms with van der Waals surface area (Å²) < 4.78 is 30.5. The third kappa shape index (κ3) is 3.46. The Labute approximate surface area is 104 Å². The molecule has 1 aromatic heterocycles. The van der Waals surface area contributed by atoms with E-state index in [0.29, 0.717) is 11.3 Å². The summed E-state index contributed by atoms with van der Waals surface area (Å²) in [6.45, 7) is 3.68. The van der Waals surface area contributed by atoms with E-state index < -0.39 is 12.4 Å². The lowest BCUT2D eigenvalue weighted by Crippen LogP contribution is -2.13. The van der Waals surface area contributed by atoms with E-state index in [-0.39, 0.29) is 30.8 Å². The molecule has 0 amide bonds. The number of alkyl halides is 2. The molecule has 0 atom stereocenters. The monoisotopic (exact) mass is 258 g/mol. The second-order valence-corrected chi connectivity index (χ2v) is 3.76. The van der Waals surface area contributed by atoms with Gasteiger partial charge in [0.2, 0.25) is 0 Å². The van der Waals surface area contributed by atoms with Crippen molar-refractivity contribution < 1.29 is 18.3 Å². The molecule has 0 saturated heterocycles. The van der Waals surface area contributed by atoms with Crippen LogP contribution in [0.15, 0.2) is 6.07 Å². The number of rotatable bonds is 5.